The summed E-state index contributed by atoms with van der Waals surface area (Å²) in [6, 6.07) is 0. The lowest BCUT2D eigenvalue weighted by atomic mass is 9.95. The van der Waals surface area contributed by atoms with Crippen LogP contribution in [0.2, 0.25) is 0 Å². The molecule has 0 aromatic heterocycles. The number of carbonyl (C=O) groups excluding carboxylic acids is 1. The predicted octanol–water partition coefficient (Wildman–Crippen LogP) is -0.0293. The van der Waals surface area contributed by atoms with Crippen LogP contribution in [-0.2, 0) is 4.79 Å². The molecule has 2 aliphatic heterocycles. The highest BCUT2D eigenvalue weighted by molar-refractivity contribution is 5.88. The number of hydrogen-bond donors (Lipinski definition) is 1. The van der Waals surface area contributed by atoms with Crippen molar-refractivity contribution in [3.63, 3.8) is 0 Å². The molecule has 11 heavy (non-hydrogen) atoms. The highest BCUT2D eigenvalue weighted by Gasteiger charge is 2.48. The van der Waals surface area contributed by atoms with Gasteiger partial charge in [0.2, 0.25) is 5.91 Å². The first-order valence-corrected chi connectivity index (χ1v) is 4.25. The molecule has 0 aromatic rings. The summed E-state index contributed by atoms with van der Waals surface area (Å²) in [5.41, 5.74) is -0.111. The van der Waals surface area contributed by atoms with Crippen LogP contribution in [-0.4, -0.2) is 36.5 Å². The van der Waals surface area contributed by atoms with Gasteiger partial charge in [0.1, 0.15) is 5.54 Å². The van der Waals surface area contributed by atoms with Gasteiger partial charge in [-0.25, -0.2) is 0 Å². The van der Waals surface area contributed by atoms with E-state index in [4.69, 9.17) is 0 Å². The van der Waals surface area contributed by atoms with Gasteiger partial charge in [0, 0.05) is 6.54 Å². The summed E-state index contributed by atoms with van der Waals surface area (Å²) in [5.74, 6) is 0.248. The second-order valence-corrected chi connectivity index (χ2v) is 3.56. The Balaban J connectivity index is 2.25. The van der Waals surface area contributed by atoms with E-state index in [2.05, 4.69) is 17.3 Å². The lowest BCUT2D eigenvalue weighted by Crippen LogP contribution is -2.47. The number of nitrogens with zero attached hydrogens (tertiary/aromatic N) is 1. The monoisotopic (exact) mass is 154 g/mol. The SMILES string of the molecule is CN1CCCC12CCNC2=O. The maximum absolute atomic E-state index is 11.5. The normalized spacial score (nSPS) is 38.5. The molecular weight excluding hydrogens is 140 g/mol. The Morgan fingerprint density at radius 3 is 2.82 bits per heavy atom. The van der Waals surface area contributed by atoms with Crippen LogP contribution >= 0.6 is 0 Å². The van der Waals surface area contributed by atoms with E-state index in [-0.39, 0.29) is 11.4 Å². The Kier molecular flexibility index (Phi) is 1.42. The minimum absolute atomic E-state index is 0.111. The molecule has 1 spiro atoms. The fourth-order valence-electron chi connectivity index (χ4n) is 2.28. The molecule has 62 valence electrons. The van der Waals surface area contributed by atoms with Crippen LogP contribution in [0, 0.1) is 0 Å². The molecule has 1 atom stereocenters. The van der Waals surface area contributed by atoms with Gasteiger partial charge in [-0.05, 0) is 32.9 Å². The van der Waals surface area contributed by atoms with Gasteiger partial charge in [-0.2, -0.15) is 0 Å². The fraction of sp³-hybridized carbons (Fsp3) is 0.875. The molecule has 0 saturated carbocycles. The van der Waals surface area contributed by atoms with Gasteiger partial charge in [-0.15, -0.1) is 0 Å². The zero-order chi connectivity index (χ0) is 7.90. The van der Waals surface area contributed by atoms with E-state index in [9.17, 15) is 4.79 Å². The molecule has 1 amide bonds. The molecule has 0 bridgehead atoms. The van der Waals surface area contributed by atoms with Gasteiger partial charge in [0.25, 0.3) is 0 Å². The molecule has 2 rings (SSSR count). The molecule has 0 aliphatic carbocycles. The second-order valence-electron chi connectivity index (χ2n) is 3.56. The quantitative estimate of drug-likeness (QED) is 0.531. The van der Waals surface area contributed by atoms with Gasteiger partial charge < -0.3 is 5.32 Å². The lowest BCUT2D eigenvalue weighted by molar-refractivity contribution is -0.127. The first kappa shape index (κ1) is 7.10. The first-order valence-electron chi connectivity index (χ1n) is 4.25. The summed E-state index contributed by atoms with van der Waals surface area (Å²) in [7, 11) is 2.05. The van der Waals surface area contributed by atoms with Gasteiger partial charge >= 0.3 is 0 Å². The smallest absolute Gasteiger partial charge is 0.240 e. The molecule has 2 saturated heterocycles. The number of likely N-dealkylation sites (N-methyl/N-ethyl adjacent to an activating group) is 1. The predicted molar refractivity (Wildman–Crippen MR) is 42.2 cm³/mol. The zero-order valence-electron chi connectivity index (χ0n) is 6.89. The maximum Gasteiger partial charge on any atom is 0.240 e. The van der Waals surface area contributed by atoms with E-state index < -0.39 is 0 Å². The summed E-state index contributed by atoms with van der Waals surface area (Å²) < 4.78 is 0. The average molecular weight is 154 g/mol. The van der Waals surface area contributed by atoms with Gasteiger partial charge in [0.15, 0.2) is 0 Å². The summed E-state index contributed by atoms with van der Waals surface area (Å²) in [6.07, 6.45) is 3.22. The molecule has 2 aliphatic rings. The number of nitrogens with one attached hydrogen (secondary N) is 1. The van der Waals surface area contributed by atoms with Crippen molar-refractivity contribution in [3.05, 3.63) is 0 Å². The summed E-state index contributed by atoms with van der Waals surface area (Å²) >= 11 is 0. The summed E-state index contributed by atoms with van der Waals surface area (Å²) in [4.78, 5) is 13.7. The number of carbonyl (C=O) groups is 1. The summed E-state index contributed by atoms with van der Waals surface area (Å²) in [5, 5.41) is 2.90. The molecule has 3 heteroatoms. The Bertz CT molecular complexity index is 189. The Morgan fingerprint density at radius 2 is 2.36 bits per heavy atom. The van der Waals surface area contributed by atoms with Crippen LogP contribution in [0.25, 0.3) is 0 Å². The molecule has 1 unspecified atom stereocenters. The van der Waals surface area contributed by atoms with Crippen molar-refractivity contribution in [2.45, 2.75) is 24.8 Å². The van der Waals surface area contributed by atoms with Gasteiger partial charge in [-0.1, -0.05) is 0 Å². The third kappa shape index (κ3) is 0.805. The minimum Gasteiger partial charge on any atom is -0.354 e. The van der Waals surface area contributed by atoms with Crippen molar-refractivity contribution in [2.24, 2.45) is 0 Å². The third-order valence-electron chi connectivity index (χ3n) is 3.06. The standard InChI is InChI=1S/C8H14N2O/c1-10-6-2-3-8(10)4-5-9-7(8)11/h2-6H2,1H3,(H,9,11). The van der Waals surface area contributed by atoms with Crippen molar-refractivity contribution in [1.29, 1.82) is 0 Å². The van der Waals surface area contributed by atoms with Crippen molar-refractivity contribution in [3.8, 4) is 0 Å². The molecule has 2 fully saturated rings. The van der Waals surface area contributed by atoms with E-state index in [1.54, 1.807) is 0 Å². The van der Waals surface area contributed by atoms with Crippen LogP contribution in [0.4, 0.5) is 0 Å². The van der Waals surface area contributed by atoms with Crippen LogP contribution in [0.15, 0.2) is 0 Å². The van der Waals surface area contributed by atoms with Crippen molar-refractivity contribution >= 4 is 5.91 Å². The van der Waals surface area contributed by atoms with Crippen molar-refractivity contribution in [1.82, 2.24) is 10.2 Å². The second kappa shape index (κ2) is 2.21. The number of rotatable bonds is 0. The third-order valence-corrected chi connectivity index (χ3v) is 3.06. The Labute approximate surface area is 66.8 Å². The first-order chi connectivity index (χ1) is 5.26. The largest absolute Gasteiger partial charge is 0.354 e. The van der Waals surface area contributed by atoms with Gasteiger partial charge in [0.05, 0.1) is 0 Å². The van der Waals surface area contributed by atoms with Crippen LogP contribution in [0.5, 0.6) is 0 Å². The van der Waals surface area contributed by atoms with E-state index in [1.807, 2.05) is 0 Å². The zero-order valence-corrected chi connectivity index (χ0v) is 6.89. The highest BCUT2D eigenvalue weighted by atomic mass is 16.2. The molecule has 1 N–H and O–H groups in total. The Morgan fingerprint density at radius 1 is 1.55 bits per heavy atom. The Hall–Kier alpha value is -0.570. The lowest BCUT2D eigenvalue weighted by Gasteiger charge is -2.28. The topological polar surface area (TPSA) is 32.3 Å². The van der Waals surface area contributed by atoms with Crippen LogP contribution in [0.1, 0.15) is 19.3 Å². The van der Waals surface area contributed by atoms with E-state index in [0.29, 0.717) is 0 Å². The highest BCUT2D eigenvalue weighted by Crippen LogP contribution is 2.33. The fourth-order valence-corrected chi connectivity index (χ4v) is 2.28. The molecule has 0 aromatic carbocycles. The maximum atomic E-state index is 11.5. The number of hydrogen-bond acceptors (Lipinski definition) is 2. The number of amides is 1. The molecular formula is C8H14N2O. The molecule has 2 heterocycles. The molecule has 3 nitrogen and oxygen atoms in total. The minimum atomic E-state index is -0.111. The van der Waals surface area contributed by atoms with Crippen LogP contribution < -0.4 is 5.32 Å². The average Bonchev–Trinajstić information content (AvgIpc) is 2.48. The van der Waals surface area contributed by atoms with Crippen molar-refractivity contribution < 1.29 is 4.79 Å². The van der Waals surface area contributed by atoms with Crippen molar-refractivity contribution in [2.75, 3.05) is 20.1 Å². The summed E-state index contributed by atoms with van der Waals surface area (Å²) in [6.45, 7) is 1.94. The van der Waals surface area contributed by atoms with Crippen LogP contribution in [0.3, 0.4) is 0 Å². The van der Waals surface area contributed by atoms with Gasteiger partial charge in [-0.3, -0.25) is 9.69 Å². The van der Waals surface area contributed by atoms with E-state index >= 15 is 0 Å². The van der Waals surface area contributed by atoms with E-state index in [1.165, 1.54) is 6.42 Å². The number of likely N-dealkylation sites (tertiary alicyclic amines) is 1. The van der Waals surface area contributed by atoms with E-state index in [0.717, 1.165) is 25.9 Å². The molecule has 0 radical (unpaired) electrons.